The van der Waals surface area contributed by atoms with Crippen LogP contribution in [0.3, 0.4) is 0 Å². The van der Waals surface area contributed by atoms with Gasteiger partial charge in [-0.25, -0.2) is 4.98 Å². The Labute approximate surface area is 97.8 Å². The molecule has 0 fully saturated rings. The molecule has 2 rings (SSSR count). The van der Waals surface area contributed by atoms with Crippen LogP contribution >= 0.6 is 11.8 Å². The number of hydrogen-bond acceptors (Lipinski definition) is 5. The molecule has 1 aromatic heterocycles. The van der Waals surface area contributed by atoms with Gasteiger partial charge in [0.25, 0.3) is 5.22 Å². The molecule has 0 aliphatic carbocycles. The maximum atomic E-state index is 8.91. The van der Waals surface area contributed by atoms with Gasteiger partial charge in [-0.3, -0.25) is 0 Å². The number of aromatic nitrogens is 1. The maximum Gasteiger partial charge on any atom is 0.256 e. The number of nitrogens with zero attached hydrogens (tertiary/aromatic N) is 1. The van der Waals surface area contributed by atoms with E-state index >= 15 is 0 Å². The van der Waals surface area contributed by atoms with Gasteiger partial charge in [-0.2, -0.15) is 0 Å². The van der Waals surface area contributed by atoms with Crippen LogP contribution in [0.5, 0.6) is 0 Å². The molecule has 3 N–H and O–H groups in total. The van der Waals surface area contributed by atoms with E-state index in [-0.39, 0.29) is 12.5 Å². The molecule has 1 aromatic carbocycles. The van der Waals surface area contributed by atoms with Crippen molar-refractivity contribution in [2.75, 3.05) is 18.1 Å². The molecule has 0 bridgehead atoms. The van der Waals surface area contributed by atoms with Crippen LogP contribution in [-0.2, 0) is 0 Å². The second kappa shape index (κ2) is 4.76. The number of oxazole rings is 1. The molecule has 5 heteroatoms. The van der Waals surface area contributed by atoms with Crippen LogP contribution in [0.2, 0.25) is 0 Å². The third-order valence-electron chi connectivity index (χ3n) is 2.20. The minimum absolute atomic E-state index is 0.181. The van der Waals surface area contributed by atoms with Gasteiger partial charge in [-0.05, 0) is 24.1 Å². The highest BCUT2D eigenvalue weighted by Crippen LogP contribution is 2.25. The minimum atomic E-state index is 0.181. The Morgan fingerprint density at radius 2 is 2.38 bits per heavy atom. The molecule has 86 valence electrons. The van der Waals surface area contributed by atoms with E-state index in [1.54, 1.807) is 12.1 Å². The van der Waals surface area contributed by atoms with Gasteiger partial charge in [-0.1, -0.05) is 18.7 Å². The molecule has 16 heavy (non-hydrogen) atoms. The Morgan fingerprint density at radius 3 is 3.12 bits per heavy atom. The Balaban J connectivity index is 2.13. The number of thioether (sulfide) groups is 1. The molecular weight excluding hydrogens is 224 g/mol. The molecule has 4 nitrogen and oxygen atoms in total. The number of fused-ring (bicyclic) bond motifs is 1. The van der Waals surface area contributed by atoms with Crippen molar-refractivity contribution in [3.63, 3.8) is 0 Å². The van der Waals surface area contributed by atoms with Crippen molar-refractivity contribution in [2.24, 2.45) is 5.92 Å². The summed E-state index contributed by atoms with van der Waals surface area (Å²) in [5.74, 6) is 1.03. The van der Waals surface area contributed by atoms with Crippen LogP contribution in [0.4, 0.5) is 5.69 Å². The lowest BCUT2D eigenvalue weighted by molar-refractivity contribution is 0.250. The average Bonchev–Trinajstić information content (AvgIpc) is 2.67. The molecule has 1 unspecified atom stereocenters. The number of nitrogen functional groups attached to an aromatic ring is 1. The molecule has 0 amide bonds. The van der Waals surface area contributed by atoms with Crippen molar-refractivity contribution in [3.8, 4) is 0 Å². The number of nitrogens with two attached hydrogens (primary N) is 1. The first-order valence-corrected chi connectivity index (χ1v) is 6.07. The van der Waals surface area contributed by atoms with Crippen LogP contribution in [-0.4, -0.2) is 22.5 Å². The van der Waals surface area contributed by atoms with Gasteiger partial charge >= 0.3 is 0 Å². The zero-order valence-electron chi connectivity index (χ0n) is 9.01. The standard InChI is InChI=1S/C11H14N2O2S/c1-7(5-14)6-16-11-13-9-4-8(12)2-3-10(9)15-11/h2-4,7,14H,5-6,12H2,1H3. The summed E-state index contributed by atoms with van der Waals surface area (Å²) >= 11 is 1.51. The highest BCUT2D eigenvalue weighted by atomic mass is 32.2. The molecule has 0 spiro atoms. The Kier molecular flexibility index (Phi) is 3.36. The molecule has 2 aromatic rings. The van der Waals surface area contributed by atoms with Gasteiger partial charge in [0.05, 0.1) is 0 Å². The fourth-order valence-corrected chi connectivity index (χ4v) is 2.10. The van der Waals surface area contributed by atoms with E-state index in [0.717, 1.165) is 16.9 Å². The monoisotopic (exact) mass is 238 g/mol. The van der Waals surface area contributed by atoms with E-state index in [2.05, 4.69) is 4.98 Å². The number of anilines is 1. The van der Waals surface area contributed by atoms with Crippen molar-refractivity contribution in [3.05, 3.63) is 18.2 Å². The largest absolute Gasteiger partial charge is 0.431 e. The van der Waals surface area contributed by atoms with Crippen LogP contribution in [0.25, 0.3) is 11.1 Å². The first-order chi connectivity index (χ1) is 7.69. The van der Waals surface area contributed by atoms with Crippen molar-refractivity contribution < 1.29 is 9.52 Å². The van der Waals surface area contributed by atoms with Gasteiger partial charge in [-0.15, -0.1) is 0 Å². The molecule has 0 saturated heterocycles. The number of benzene rings is 1. The zero-order chi connectivity index (χ0) is 11.5. The molecule has 0 aliphatic heterocycles. The quantitative estimate of drug-likeness (QED) is 0.630. The summed E-state index contributed by atoms with van der Waals surface area (Å²) in [5.41, 5.74) is 7.86. The van der Waals surface area contributed by atoms with Crippen molar-refractivity contribution in [1.82, 2.24) is 4.98 Å². The van der Waals surface area contributed by atoms with Crippen LogP contribution in [0.1, 0.15) is 6.92 Å². The molecule has 0 radical (unpaired) electrons. The topological polar surface area (TPSA) is 72.3 Å². The van der Waals surface area contributed by atoms with Crippen molar-refractivity contribution in [1.29, 1.82) is 0 Å². The molecule has 0 aliphatic rings. The van der Waals surface area contributed by atoms with E-state index in [4.69, 9.17) is 15.3 Å². The summed E-state index contributed by atoms with van der Waals surface area (Å²) in [6.45, 7) is 2.16. The summed E-state index contributed by atoms with van der Waals surface area (Å²) in [7, 11) is 0. The lowest BCUT2D eigenvalue weighted by atomic mass is 10.2. The van der Waals surface area contributed by atoms with Gasteiger partial charge < -0.3 is 15.3 Å². The van der Waals surface area contributed by atoms with Gasteiger partial charge in [0.1, 0.15) is 5.52 Å². The molecule has 1 atom stereocenters. The Morgan fingerprint density at radius 1 is 1.56 bits per heavy atom. The lowest BCUT2D eigenvalue weighted by Gasteiger charge is -2.03. The van der Waals surface area contributed by atoms with E-state index in [1.165, 1.54) is 11.8 Å². The Hall–Kier alpha value is -1.20. The summed E-state index contributed by atoms with van der Waals surface area (Å²) < 4.78 is 5.53. The Bertz CT molecular complexity index is 484. The predicted molar refractivity (Wildman–Crippen MR) is 65.4 cm³/mol. The van der Waals surface area contributed by atoms with Gasteiger partial charge in [0, 0.05) is 18.0 Å². The van der Waals surface area contributed by atoms with Crippen LogP contribution in [0.15, 0.2) is 27.8 Å². The summed E-state index contributed by atoms with van der Waals surface area (Å²) in [5, 5.41) is 9.53. The van der Waals surface area contributed by atoms with Gasteiger partial charge in [0.15, 0.2) is 5.58 Å². The fourth-order valence-electron chi connectivity index (χ4n) is 1.25. The maximum absolute atomic E-state index is 8.91. The first-order valence-electron chi connectivity index (χ1n) is 5.09. The van der Waals surface area contributed by atoms with E-state index < -0.39 is 0 Å². The smallest absolute Gasteiger partial charge is 0.256 e. The highest BCUT2D eigenvalue weighted by Gasteiger charge is 2.08. The molecular formula is C11H14N2O2S. The lowest BCUT2D eigenvalue weighted by Crippen LogP contribution is -2.02. The summed E-state index contributed by atoms with van der Waals surface area (Å²) in [4.78, 5) is 4.31. The number of hydrogen-bond donors (Lipinski definition) is 2. The second-order valence-electron chi connectivity index (χ2n) is 3.81. The summed E-state index contributed by atoms with van der Waals surface area (Å²) in [6.07, 6.45) is 0. The predicted octanol–water partition coefficient (Wildman–Crippen LogP) is 2.13. The van der Waals surface area contributed by atoms with Crippen LogP contribution in [0, 0.1) is 5.92 Å². The van der Waals surface area contributed by atoms with Gasteiger partial charge in [0.2, 0.25) is 0 Å². The second-order valence-corrected chi connectivity index (χ2v) is 4.78. The zero-order valence-corrected chi connectivity index (χ0v) is 9.83. The third kappa shape index (κ3) is 2.48. The van der Waals surface area contributed by atoms with Crippen molar-refractivity contribution >= 4 is 28.5 Å². The van der Waals surface area contributed by atoms with Crippen LogP contribution < -0.4 is 5.73 Å². The normalized spacial score (nSPS) is 13.1. The highest BCUT2D eigenvalue weighted by molar-refractivity contribution is 7.99. The molecule has 1 heterocycles. The fraction of sp³-hybridized carbons (Fsp3) is 0.364. The minimum Gasteiger partial charge on any atom is -0.431 e. The molecule has 0 saturated carbocycles. The number of aliphatic hydroxyl groups is 1. The van der Waals surface area contributed by atoms with Crippen molar-refractivity contribution in [2.45, 2.75) is 12.1 Å². The first kappa shape index (κ1) is 11.3. The van der Waals surface area contributed by atoms with E-state index in [1.807, 2.05) is 13.0 Å². The number of rotatable bonds is 4. The SMILES string of the molecule is CC(CO)CSc1nc2cc(N)ccc2o1. The average molecular weight is 238 g/mol. The summed E-state index contributed by atoms with van der Waals surface area (Å²) in [6, 6.07) is 5.40. The third-order valence-corrected chi connectivity index (χ3v) is 3.35. The number of aliphatic hydroxyl groups excluding tert-OH is 1. The van der Waals surface area contributed by atoms with E-state index in [9.17, 15) is 0 Å². The van der Waals surface area contributed by atoms with E-state index in [0.29, 0.717) is 10.9 Å².